The number of aromatic nitrogens is 3. The van der Waals surface area contributed by atoms with Gasteiger partial charge in [0.05, 0.1) is 12.8 Å². The van der Waals surface area contributed by atoms with Crippen LogP contribution in [0.3, 0.4) is 0 Å². The fraction of sp³-hybridized carbons (Fsp3) is 0.167. The number of benzene rings is 2. The molecule has 0 fully saturated rings. The number of rotatable bonds is 7. The van der Waals surface area contributed by atoms with Crippen LogP contribution in [0.4, 0.5) is 0 Å². The van der Waals surface area contributed by atoms with Gasteiger partial charge in [-0.3, -0.25) is 5.10 Å². The lowest BCUT2D eigenvalue weighted by Crippen LogP contribution is -2.00. The molecule has 25 heavy (non-hydrogen) atoms. The van der Waals surface area contributed by atoms with Crippen molar-refractivity contribution in [1.29, 1.82) is 0 Å². The van der Waals surface area contributed by atoms with Crippen LogP contribution in [0, 0.1) is 4.77 Å². The molecule has 0 spiro atoms. The van der Waals surface area contributed by atoms with E-state index in [1.807, 2.05) is 55.5 Å². The molecule has 2 aromatic carbocycles. The van der Waals surface area contributed by atoms with Crippen LogP contribution in [-0.4, -0.2) is 27.7 Å². The Bertz CT molecular complexity index is 903. The maximum atomic E-state index is 5.89. The Balaban J connectivity index is 1.76. The van der Waals surface area contributed by atoms with E-state index in [-0.39, 0.29) is 0 Å². The van der Waals surface area contributed by atoms with E-state index in [0.29, 0.717) is 29.5 Å². The van der Waals surface area contributed by atoms with Crippen molar-refractivity contribution in [3.05, 3.63) is 70.8 Å². The number of ether oxygens (including phenoxy) is 2. The predicted molar refractivity (Wildman–Crippen MR) is 98.8 cm³/mol. The van der Waals surface area contributed by atoms with Crippen molar-refractivity contribution < 1.29 is 9.47 Å². The average Bonchev–Trinajstić information content (AvgIpc) is 3.05. The van der Waals surface area contributed by atoms with E-state index in [2.05, 4.69) is 15.3 Å². The van der Waals surface area contributed by atoms with Gasteiger partial charge in [0, 0.05) is 0 Å². The summed E-state index contributed by atoms with van der Waals surface area (Å²) in [7, 11) is 0. The summed E-state index contributed by atoms with van der Waals surface area (Å²) in [5, 5.41) is 10.7. The van der Waals surface area contributed by atoms with Crippen LogP contribution in [0.15, 0.2) is 60.0 Å². The number of nitrogens with one attached hydrogen (secondary N) is 1. The lowest BCUT2D eigenvalue weighted by Gasteiger charge is -2.12. The molecule has 1 N–H and O–H groups in total. The molecule has 0 atom stereocenters. The third-order valence-corrected chi connectivity index (χ3v) is 3.65. The fourth-order valence-electron chi connectivity index (χ4n) is 2.18. The van der Waals surface area contributed by atoms with Crippen molar-refractivity contribution in [2.24, 2.45) is 5.10 Å². The Morgan fingerprint density at radius 1 is 1.16 bits per heavy atom. The van der Waals surface area contributed by atoms with Crippen LogP contribution < -0.4 is 9.47 Å². The largest absolute Gasteiger partial charge is 0.490 e. The van der Waals surface area contributed by atoms with Crippen molar-refractivity contribution in [3.8, 4) is 11.5 Å². The van der Waals surface area contributed by atoms with Crippen LogP contribution >= 0.6 is 12.2 Å². The summed E-state index contributed by atoms with van der Waals surface area (Å²) in [6.07, 6.45) is 3.20. The summed E-state index contributed by atoms with van der Waals surface area (Å²) < 4.78 is 13.5. The first-order valence-corrected chi connectivity index (χ1v) is 8.27. The zero-order valence-corrected chi connectivity index (χ0v) is 14.6. The van der Waals surface area contributed by atoms with Crippen LogP contribution in [-0.2, 0) is 6.61 Å². The highest BCUT2D eigenvalue weighted by molar-refractivity contribution is 7.71. The van der Waals surface area contributed by atoms with Crippen molar-refractivity contribution in [3.63, 3.8) is 0 Å². The molecule has 0 unspecified atom stereocenters. The van der Waals surface area contributed by atoms with Crippen LogP contribution in [0.5, 0.6) is 11.5 Å². The second-order valence-corrected chi connectivity index (χ2v) is 5.55. The molecule has 0 bridgehead atoms. The normalized spacial score (nSPS) is 10.9. The Morgan fingerprint density at radius 2 is 2.00 bits per heavy atom. The molecule has 7 heteroatoms. The van der Waals surface area contributed by atoms with Gasteiger partial charge in [-0.2, -0.15) is 14.9 Å². The number of H-pyrrole nitrogens is 1. The third kappa shape index (κ3) is 4.54. The Kier molecular flexibility index (Phi) is 5.58. The van der Waals surface area contributed by atoms with Crippen LogP contribution in [0.25, 0.3) is 0 Å². The minimum Gasteiger partial charge on any atom is -0.490 e. The van der Waals surface area contributed by atoms with Gasteiger partial charge in [0.25, 0.3) is 0 Å². The number of aromatic amines is 1. The monoisotopic (exact) mass is 354 g/mol. The van der Waals surface area contributed by atoms with E-state index in [0.717, 1.165) is 11.1 Å². The maximum Gasteiger partial charge on any atom is 0.216 e. The van der Waals surface area contributed by atoms with E-state index in [1.165, 1.54) is 11.0 Å². The van der Waals surface area contributed by atoms with Gasteiger partial charge in [0.2, 0.25) is 4.77 Å². The van der Waals surface area contributed by atoms with Crippen LogP contribution in [0.2, 0.25) is 0 Å². The molecule has 3 rings (SSSR count). The quantitative estimate of drug-likeness (QED) is 0.518. The number of hydrogen-bond acceptors (Lipinski definition) is 5. The molecule has 1 heterocycles. The summed E-state index contributed by atoms with van der Waals surface area (Å²) in [5.41, 5.74) is 1.98. The summed E-state index contributed by atoms with van der Waals surface area (Å²) in [6.45, 7) is 2.97. The molecular formula is C18H18N4O2S. The zero-order chi connectivity index (χ0) is 17.5. The van der Waals surface area contributed by atoms with Gasteiger partial charge in [-0.05, 0) is 48.5 Å². The fourth-order valence-corrected chi connectivity index (χ4v) is 2.33. The van der Waals surface area contributed by atoms with E-state index >= 15 is 0 Å². The molecule has 128 valence electrons. The second kappa shape index (κ2) is 8.25. The first-order chi connectivity index (χ1) is 12.3. The SMILES string of the molecule is CCOc1cc(C=Nn2cn[nH]c2=S)ccc1OCc1ccccc1. The summed E-state index contributed by atoms with van der Waals surface area (Å²) in [4.78, 5) is 0. The number of nitrogens with zero attached hydrogens (tertiary/aromatic N) is 3. The zero-order valence-electron chi connectivity index (χ0n) is 13.8. The van der Waals surface area contributed by atoms with Gasteiger partial charge in [-0.25, -0.2) is 0 Å². The summed E-state index contributed by atoms with van der Waals surface area (Å²) in [5.74, 6) is 1.38. The first kappa shape index (κ1) is 16.9. The highest BCUT2D eigenvalue weighted by atomic mass is 32.1. The third-order valence-electron chi connectivity index (χ3n) is 3.37. The molecular weight excluding hydrogens is 336 g/mol. The van der Waals surface area contributed by atoms with Crippen molar-refractivity contribution in [2.45, 2.75) is 13.5 Å². The highest BCUT2D eigenvalue weighted by Crippen LogP contribution is 2.28. The highest BCUT2D eigenvalue weighted by Gasteiger charge is 2.06. The topological polar surface area (TPSA) is 64.4 Å². The summed E-state index contributed by atoms with van der Waals surface area (Å²) >= 11 is 5.06. The molecule has 0 aliphatic rings. The molecule has 0 saturated heterocycles. The average molecular weight is 354 g/mol. The minimum absolute atomic E-state index is 0.434. The maximum absolute atomic E-state index is 5.89. The van der Waals surface area contributed by atoms with Gasteiger partial charge < -0.3 is 9.47 Å². The Hall–Kier alpha value is -2.93. The standard InChI is InChI=1S/C18H18N4O2S/c1-2-23-17-10-15(11-20-22-13-19-21-18(22)25)8-9-16(17)24-12-14-6-4-3-5-7-14/h3-11,13H,2,12H2,1H3,(H,21,25). The molecule has 6 nitrogen and oxygen atoms in total. The van der Waals surface area contributed by atoms with Gasteiger partial charge in [-0.1, -0.05) is 30.3 Å². The van der Waals surface area contributed by atoms with E-state index in [9.17, 15) is 0 Å². The Labute approximate surface area is 150 Å². The van der Waals surface area contributed by atoms with E-state index < -0.39 is 0 Å². The first-order valence-electron chi connectivity index (χ1n) is 7.86. The Morgan fingerprint density at radius 3 is 2.72 bits per heavy atom. The predicted octanol–water partition coefficient (Wildman–Crippen LogP) is 3.80. The second-order valence-electron chi connectivity index (χ2n) is 5.16. The molecule has 0 aliphatic carbocycles. The van der Waals surface area contributed by atoms with E-state index in [1.54, 1.807) is 6.21 Å². The number of hydrogen-bond donors (Lipinski definition) is 1. The molecule has 0 radical (unpaired) electrons. The minimum atomic E-state index is 0.434. The van der Waals surface area contributed by atoms with E-state index in [4.69, 9.17) is 21.7 Å². The van der Waals surface area contributed by atoms with Crippen LogP contribution in [0.1, 0.15) is 18.1 Å². The summed E-state index contributed by atoms with van der Waals surface area (Å²) in [6, 6.07) is 15.7. The van der Waals surface area contributed by atoms with Crippen molar-refractivity contribution in [1.82, 2.24) is 14.9 Å². The smallest absolute Gasteiger partial charge is 0.216 e. The lowest BCUT2D eigenvalue weighted by atomic mass is 10.2. The molecule has 0 amide bonds. The van der Waals surface area contributed by atoms with Gasteiger partial charge in [0.15, 0.2) is 11.5 Å². The van der Waals surface area contributed by atoms with Crippen molar-refractivity contribution >= 4 is 18.4 Å². The molecule has 3 aromatic rings. The van der Waals surface area contributed by atoms with Gasteiger partial charge in [-0.15, -0.1) is 0 Å². The van der Waals surface area contributed by atoms with Gasteiger partial charge in [0.1, 0.15) is 12.9 Å². The van der Waals surface area contributed by atoms with Gasteiger partial charge >= 0.3 is 0 Å². The van der Waals surface area contributed by atoms with Crippen molar-refractivity contribution in [2.75, 3.05) is 6.61 Å². The molecule has 1 aromatic heterocycles. The lowest BCUT2D eigenvalue weighted by molar-refractivity contribution is 0.269. The molecule has 0 aliphatic heterocycles. The molecule has 0 saturated carbocycles.